The van der Waals surface area contributed by atoms with Gasteiger partial charge in [-0.15, -0.1) is 0 Å². The topological polar surface area (TPSA) is 89.5 Å². The largest absolute Gasteiger partial charge is 0.496 e. The Morgan fingerprint density at radius 3 is 2.06 bits per heavy atom. The lowest BCUT2D eigenvalue weighted by atomic mass is 10.00. The molecule has 0 aliphatic heterocycles. The summed E-state index contributed by atoms with van der Waals surface area (Å²) in [6, 6.07) is 8.14. The van der Waals surface area contributed by atoms with Crippen molar-refractivity contribution in [3.8, 4) is 28.7 Å². The average molecular weight is 458 g/mol. The SMILES string of the molecule is COCOc1cc(F)cc(C(=O)Oc2c(C(C)=O)cc(OC)c3c(OC)ccc(OC)c23)c1. The second-order valence-electron chi connectivity index (χ2n) is 6.85. The Hall–Kier alpha value is -3.85. The number of ether oxygens (including phenoxy) is 6. The minimum absolute atomic E-state index is 0.0670. The van der Waals surface area contributed by atoms with Gasteiger partial charge in [-0.05, 0) is 37.3 Å². The summed E-state index contributed by atoms with van der Waals surface area (Å²) in [5.41, 5.74) is -0.0482. The van der Waals surface area contributed by atoms with Gasteiger partial charge in [0.2, 0.25) is 0 Å². The van der Waals surface area contributed by atoms with Crippen molar-refractivity contribution in [3.05, 3.63) is 53.3 Å². The summed E-state index contributed by atoms with van der Waals surface area (Å²) in [4.78, 5) is 25.5. The molecule has 0 spiro atoms. The van der Waals surface area contributed by atoms with Gasteiger partial charge in [-0.1, -0.05) is 0 Å². The van der Waals surface area contributed by atoms with E-state index in [1.54, 1.807) is 12.1 Å². The minimum atomic E-state index is -0.907. The first-order valence-electron chi connectivity index (χ1n) is 9.75. The molecule has 3 aromatic rings. The van der Waals surface area contributed by atoms with Gasteiger partial charge in [0, 0.05) is 13.2 Å². The van der Waals surface area contributed by atoms with Crippen LogP contribution in [0.1, 0.15) is 27.6 Å². The van der Waals surface area contributed by atoms with Crippen LogP contribution in [0.5, 0.6) is 28.7 Å². The normalized spacial score (nSPS) is 10.6. The van der Waals surface area contributed by atoms with E-state index in [-0.39, 0.29) is 35.2 Å². The highest BCUT2D eigenvalue weighted by Gasteiger charge is 2.25. The maximum Gasteiger partial charge on any atom is 0.343 e. The van der Waals surface area contributed by atoms with E-state index in [1.807, 2.05) is 0 Å². The summed E-state index contributed by atoms with van der Waals surface area (Å²) in [6.07, 6.45) is 0. The number of methoxy groups -OCH3 is 4. The van der Waals surface area contributed by atoms with Gasteiger partial charge < -0.3 is 28.4 Å². The zero-order valence-electron chi connectivity index (χ0n) is 18.8. The highest BCUT2D eigenvalue weighted by Crippen LogP contribution is 2.46. The summed E-state index contributed by atoms with van der Waals surface area (Å²) in [5.74, 6) is -0.929. The number of hydrogen-bond donors (Lipinski definition) is 0. The van der Waals surface area contributed by atoms with Crippen LogP contribution in [0.25, 0.3) is 10.8 Å². The lowest BCUT2D eigenvalue weighted by molar-refractivity contribution is 0.0506. The average Bonchev–Trinajstić information content (AvgIpc) is 2.81. The van der Waals surface area contributed by atoms with Gasteiger partial charge in [0.25, 0.3) is 0 Å². The fourth-order valence-electron chi connectivity index (χ4n) is 3.35. The first-order chi connectivity index (χ1) is 15.8. The molecule has 174 valence electrons. The molecular formula is C24H23FO8. The molecule has 0 atom stereocenters. The van der Waals surface area contributed by atoms with Crippen molar-refractivity contribution in [1.82, 2.24) is 0 Å². The molecule has 0 saturated heterocycles. The molecule has 0 aliphatic rings. The van der Waals surface area contributed by atoms with Crippen LogP contribution in [-0.2, 0) is 4.74 Å². The third kappa shape index (κ3) is 4.83. The lowest BCUT2D eigenvalue weighted by Gasteiger charge is -2.18. The van der Waals surface area contributed by atoms with Gasteiger partial charge in [0.15, 0.2) is 18.3 Å². The molecule has 0 saturated carbocycles. The molecular weight excluding hydrogens is 435 g/mol. The molecule has 8 nitrogen and oxygen atoms in total. The van der Waals surface area contributed by atoms with E-state index in [9.17, 15) is 14.0 Å². The summed E-state index contributed by atoms with van der Waals surface area (Å²) in [6.45, 7) is 1.19. The van der Waals surface area contributed by atoms with Gasteiger partial charge in [-0.3, -0.25) is 4.79 Å². The van der Waals surface area contributed by atoms with Crippen LogP contribution >= 0.6 is 0 Å². The van der Waals surface area contributed by atoms with Gasteiger partial charge in [-0.25, -0.2) is 9.18 Å². The number of ketones is 1. The van der Waals surface area contributed by atoms with Crippen LogP contribution in [0.15, 0.2) is 36.4 Å². The predicted octanol–water partition coefficient (Wildman–Crippen LogP) is 4.41. The first-order valence-corrected chi connectivity index (χ1v) is 9.75. The fourth-order valence-corrected chi connectivity index (χ4v) is 3.35. The van der Waals surface area contributed by atoms with Crippen LogP contribution in [0.3, 0.4) is 0 Å². The Balaban J connectivity index is 2.22. The number of carbonyl (C=O) groups is 2. The molecule has 0 N–H and O–H groups in total. The molecule has 9 heteroatoms. The van der Waals surface area contributed by atoms with Crippen molar-refractivity contribution in [3.63, 3.8) is 0 Å². The van der Waals surface area contributed by atoms with E-state index >= 15 is 0 Å². The van der Waals surface area contributed by atoms with Gasteiger partial charge >= 0.3 is 5.97 Å². The molecule has 0 unspecified atom stereocenters. The number of fused-ring (bicyclic) bond motifs is 1. The van der Waals surface area contributed by atoms with Gasteiger partial charge in [0.05, 0.1) is 43.2 Å². The highest BCUT2D eigenvalue weighted by atomic mass is 19.1. The van der Waals surface area contributed by atoms with Gasteiger partial charge in [0.1, 0.15) is 28.8 Å². The summed E-state index contributed by atoms with van der Waals surface area (Å²) < 4.78 is 46.2. The second kappa shape index (κ2) is 10.2. The van der Waals surface area contributed by atoms with Crippen molar-refractivity contribution < 1.29 is 42.4 Å². The van der Waals surface area contributed by atoms with E-state index < -0.39 is 11.8 Å². The molecule has 0 amide bonds. The van der Waals surface area contributed by atoms with Crippen LogP contribution in [0.2, 0.25) is 0 Å². The van der Waals surface area contributed by atoms with E-state index in [1.165, 1.54) is 47.5 Å². The lowest BCUT2D eigenvalue weighted by Crippen LogP contribution is -2.13. The molecule has 0 aromatic heterocycles. The Kier molecular flexibility index (Phi) is 7.34. The first kappa shape index (κ1) is 23.8. The standard InChI is InChI=1S/C24H23FO8/c1-13(26)17-11-20(31-5)21-18(29-3)6-7-19(30-4)22(21)23(17)33-24(27)14-8-15(25)10-16(9-14)32-12-28-2/h6-11H,12H2,1-5H3. The Labute approximate surface area is 189 Å². The van der Waals surface area contributed by atoms with Crippen LogP contribution < -0.4 is 23.7 Å². The van der Waals surface area contributed by atoms with Crippen LogP contribution in [-0.4, -0.2) is 47.0 Å². The molecule has 3 rings (SSSR count). The predicted molar refractivity (Wildman–Crippen MR) is 117 cm³/mol. The maximum absolute atomic E-state index is 14.1. The molecule has 0 heterocycles. The Morgan fingerprint density at radius 1 is 0.848 bits per heavy atom. The number of halogens is 1. The van der Waals surface area contributed by atoms with Crippen molar-refractivity contribution in [2.45, 2.75) is 6.92 Å². The fraction of sp³-hybridized carbons (Fsp3) is 0.250. The summed E-state index contributed by atoms with van der Waals surface area (Å²) in [5, 5.41) is 0.734. The summed E-state index contributed by atoms with van der Waals surface area (Å²) >= 11 is 0. The third-order valence-electron chi connectivity index (χ3n) is 4.81. The Bertz CT molecular complexity index is 1210. The zero-order valence-corrected chi connectivity index (χ0v) is 18.8. The smallest absolute Gasteiger partial charge is 0.343 e. The van der Waals surface area contributed by atoms with Crippen LogP contribution in [0.4, 0.5) is 4.39 Å². The number of carbonyl (C=O) groups excluding carboxylic acids is 2. The third-order valence-corrected chi connectivity index (χ3v) is 4.81. The minimum Gasteiger partial charge on any atom is -0.496 e. The highest BCUT2D eigenvalue weighted by molar-refractivity contribution is 6.11. The number of hydrogen-bond acceptors (Lipinski definition) is 8. The summed E-state index contributed by atoms with van der Waals surface area (Å²) in [7, 11) is 5.76. The van der Waals surface area contributed by atoms with Crippen molar-refractivity contribution >= 4 is 22.5 Å². The molecule has 3 aromatic carbocycles. The quantitative estimate of drug-likeness (QED) is 0.202. The van der Waals surface area contributed by atoms with E-state index in [0.717, 1.165) is 12.1 Å². The molecule has 33 heavy (non-hydrogen) atoms. The van der Waals surface area contributed by atoms with Gasteiger partial charge in [-0.2, -0.15) is 0 Å². The van der Waals surface area contributed by atoms with Crippen molar-refractivity contribution in [2.24, 2.45) is 0 Å². The molecule has 0 radical (unpaired) electrons. The Morgan fingerprint density at radius 2 is 1.48 bits per heavy atom. The molecule has 0 aliphatic carbocycles. The van der Waals surface area contributed by atoms with E-state index in [4.69, 9.17) is 28.4 Å². The number of benzene rings is 3. The van der Waals surface area contributed by atoms with E-state index in [0.29, 0.717) is 28.0 Å². The second-order valence-corrected chi connectivity index (χ2v) is 6.85. The monoisotopic (exact) mass is 458 g/mol. The van der Waals surface area contributed by atoms with Crippen molar-refractivity contribution in [1.29, 1.82) is 0 Å². The maximum atomic E-state index is 14.1. The number of esters is 1. The number of Topliss-reactive ketones (excluding diaryl/α,β-unsaturated/α-hetero) is 1. The van der Waals surface area contributed by atoms with Crippen LogP contribution in [0, 0.1) is 5.82 Å². The van der Waals surface area contributed by atoms with Crippen molar-refractivity contribution in [2.75, 3.05) is 35.2 Å². The molecule has 0 fully saturated rings. The number of rotatable bonds is 9. The zero-order chi connectivity index (χ0) is 24.1. The molecule has 0 bridgehead atoms. The van der Waals surface area contributed by atoms with E-state index in [2.05, 4.69) is 0 Å².